The van der Waals surface area contributed by atoms with E-state index < -0.39 is 0 Å². The molecule has 0 amide bonds. The molecule has 0 fully saturated rings. The molecule has 0 saturated carbocycles. The van der Waals surface area contributed by atoms with Crippen LogP contribution in [0.4, 0.5) is 0 Å². The fraction of sp³-hybridized carbons (Fsp3) is 0.556. The third kappa shape index (κ3) is 4.87. The zero-order valence-corrected chi connectivity index (χ0v) is 14.6. The van der Waals surface area contributed by atoms with E-state index in [0.717, 1.165) is 51.6 Å². The van der Waals surface area contributed by atoms with Gasteiger partial charge in [0.1, 0.15) is 0 Å². The van der Waals surface area contributed by atoms with Crippen LogP contribution in [-0.2, 0) is 24.4 Å². The second kappa shape index (κ2) is 8.37. The minimum absolute atomic E-state index is 0.442. The summed E-state index contributed by atoms with van der Waals surface area (Å²) in [4.78, 5) is 9.06. The highest BCUT2D eigenvalue weighted by Gasteiger charge is 2.22. The van der Waals surface area contributed by atoms with Crippen LogP contribution in [0.15, 0.2) is 36.7 Å². The van der Waals surface area contributed by atoms with Gasteiger partial charge in [0.15, 0.2) is 0 Å². The van der Waals surface area contributed by atoms with Crippen LogP contribution in [0.1, 0.15) is 11.4 Å². The van der Waals surface area contributed by atoms with Gasteiger partial charge in [-0.3, -0.25) is 14.6 Å². The Morgan fingerprint density at radius 1 is 1.21 bits per heavy atom. The Balaban J connectivity index is 1.62. The Labute approximate surface area is 144 Å². The second-order valence-corrected chi connectivity index (χ2v) is 6.74. The predicted molar refractivity (Wildman–Crippen MR) is 93.4 cm³/mol. The molecular formula is C18H27N5O. The summed E-state index contributed by atoms with van der Waals surface area (Å²) in [6.07, 6.45) is 3.75. The third-order valence-electron chi connectivity index (χ3n) is 4.29. The zero-order valence-electron chi connectivity index (χ0n) is 14.6. The first-order valence-corrected chi connectivity index (χ1v) is 8.56. The van der Waals surface area contributed by atoms with E-state index in [0.29, 0.717) is 5.92 Å². The van der Waals surface area contributed by atoms with E-state index >= 15 is 0 Å². The van der Waals surface area contributed by atoms with Crippen LogP contribution in [-0.4, -0.2) is 65.0 Å². The highest BCUT2D eigenvalue weighted by Crippen LogP contribution is 2.18. The average Bonchev–Trinajstić information content (AvgIpc) is 2.92. The van der Waals surface area contributed by atoms with E-state index in [9.17, 15) is 0 Å². The molecule has 3 rings (SSSR count). The molecule has 0 spiro atoms. The Kier molecular flexibility index (Phi) is 5.96. The molecule has 1 aliphatic rings. The minimum atomic E-state index is 0.442. The van der Waals surface area contributed by atoms with Crippen molar-refractivity contribution in [2.75, 3.05) is 40.4 Å². The van der Waals surface area contributed by atoms with Crippen molar-refractivity contribution in [3.63, 3.8) is 0 Å². The Morgan fingerprint density at radius 2 is 2.12 bits per heavy atom. The van der Waals surface area contributed by atoms with E-state index in [1.807, 2.05) is 24.5 Å². The van der Waals surface area contributed by atoms with E-state index in [-0.39, 0.29) is 0 Å². The molecule has 2 aromatic heterocycles. The van der Waals surface area contributed by atoms with Crippen LogP contribution in [0.3, 0.4) is 0 Å². The summed E-state index contributed by atoms with van der Waals surface area (Å²) >= 11 is 0. The molecule has 1 aliphatic heterocycles. The molecular weight excluding hydrogens is 302 g/mol. The Morgan fingerprint density at radius 3 is 2.92 bits per heavy atom. The molecule has 2 aromatic rings. The number of ether oxygens (including phenoxy) is 1. The Hall–Kier alpha value is -1.76. The molecule has 0 N–H and O–H groups in total. The van der Waals surface area contributed by atoms with Gasteiger partial charge in [0.2, 0.25) is 0 Å². The lowest BCUT2D eigenvalue weighted by Gasteiger charge is -2.23. The van der Waals surface area contributed by atoms with Crippen molar-refractivity contribution in [3.05, 3.63) is 48.0 Å². The topological polar surface area (TPSA) is 46.4 Å². The first kappa shape index (κ1) is 17.1. The number of nitrogens with zero attached hydrogens (tertiary/aromatic N) is 5. The predicted octanol–water partition coefficient (Wildman–Crippen LogP) is 1.49. The second-order valence-electron chi connectivity index (χ2n) is 6.74. The van der Waals surface area contributed by atoms with Crippen molar-refractivity contribution in [1.29, 1.82) is 0 Å². The van der Waals surface area contributed by atoms with E-state index in [1.165, 1.54) is 5.69 Å². The lowest BCUT2D eigenvalue weighted by molar-refractivity contribution is 0.0671. The summed E-state index contributed by atoms with van der Waals surface area (Å²) < 4.78 is 8.03. The number of fused-ring (bicyclic) bond motifs is 1. The maximum Gasteiger partial charge on any atom is 0.0593 e. The monoisotopic (exact) mass is 329 g/mol. The summed E-state index contributed by atoms with van der Waals surface area (Å²) in [6, 6.07) is 8.21. The molecule has 0 aliphatic carbocycles. The summed E-state index contributed by atoms with van der Waals surface area (Å²) in [5.41, 5.74) is 2.37. The van der Waals surface area contributed by atoms with Gasteiger partial charge in [0, 0.05) is 51.0 Å². The molecule has 1 atom stereocenters. The van der Waals surface area contributed by atoms with Gasteiger partial charge < -0.3 is 9.64 Å². The molecule has 0 radical (unpaired) electrons. The maximum absolute atomic E-state index is 5.90. The smallest absolute Gasteiger partial charge is 0.0593 e. The van der Waals surface area contributed by atoms with Crippen molar-refractivity contribution in [2.45, 2.75) is 19.6 Å². The average molecular weight is 329 g/mol. The van der Waals surface area contributed by atoms with Crippen molar-refractivity contribution in [2.24, 2.45) is 5.92 Å². The van der Waals surface area contributed by atoms with Crippen LogP contribution in [0, 0.1) is 5.92 Å². The van der Waals surface area contributed by atoms with Crippen molar-refractivity contribution < 1.29 is 4.74 Å². The molecule has 0 bridgehead atoms. The molecule has 0 saturated heterocycles. The van der Waals surface area contributed by atoms with E-state index in [4.69, 9.17) is 4.74 Å². The van der Waals surface area contributed by atoms with Gasteiger partial charge in [-0.2, -0.15) is 5.10 Å². The summed E-state index contributed by atoms with van der Waals surface area (Å²) in [6.45, 7) is 6.19. The maximum atomic E-state index is 5.90. The summed E-state index contributed by atoms with van der Waals surface area (Å²) in [5.74, 6) is 0.442. The van der Waals surface area contributed by atoms with Gasteiger partial charge in [-0.15, -0.1) is 0 Å². The molecule has 24 heavy (non-hydrogen) atoms. The van der Waals surface area contributed by atoms with Gasteiger partial charge in [0.05, 0.1) is 24.6 Å². The van der Waals surface area contributed by atoms with Gasteiger partial charge in [-0.05, 0) is 32.3 Å². The van der Waals surface area contributed by atoms with Crippen molar-refractivity contribution in [3.8, 4) is 0 Å². The largest absolute Gasteiger partial charge is 0.380 e. The Bertz CT molecular complexity index is 613. The van der Waals surface area contributed by atoms with Crippen molar-refractivity contribution >= 4 is 0 Å². The quantitative estimate of drug-likeness (QED) is 0.720. The highest BCUT2D eigenvalue weighted by molar-refractivity contribution is 5.06. The number of pyridine rings is 1. The molecule has 130 valence electrons. The molecule has 0 aromatic carbocycles. The fourth-order valence-electron chi connectivity index (χ4n) is 3.06. The van der Waals surface area contributed by atoms with Crippen LogP contribution in [0.25, 0.3) is 0 Å². The standard InChI is InChI=1S/C18H27N5O/c1-21(2)9-10-24-15-16-11-22(13-17-5-3-4-7-19-17)14-18-6-8-20-23(18)12-16/h3-8,16H,9-15H2,1-2H3/t16-/m1/s1. The fourth-order valence-corrected chi connectivity index (χ4v) is 3.06. The SMILES string of the molecule is CN(C)CCOC[C@@H]1CN(Cc2ccccn2)Cc2ccnn2C1. The number of aromatic nitrogens is 3. The van der Waals surface area contributed by atoms with Gasteiger partial charge in [-0.25, -0.2) is 0 Å². The number of hydrogen-bond acceptors (Lipinski definition) is 5. The lowest BCUT2D eigenvalue weighted by Crippen LogP contribution is -2.31. The molecule has 0 unspecified atom stereocenters. The van der Waals surface area contributed by atoms with Gasteiger partial charge in [0.25, 0.3) is 0 Å². The van der Waals surface area contributed by atoms with Crippen molar-refractivity contribution in [1.82, 2.24) is 24.6 Å². The van der Waals surface area contributed by atoms with Gasteiger partial charge in [-0.1, -0.05) is 6.07 Å². The lowest BCUT2D eigenvalue weighted by atomic mass is 10.1. The first-order chi connectivity index (χ1) is 11.7. The van der Waals surface area contributed by atoms with Crippen LogP contribution < -0.4 is 0 Å². The summed E-state index contributed by atoms with van der Waals surface area (Å²) in [5, 5.41) is 4.48. The van der Waals surface area contributed by atoms with Crippen LogP contribution >= 0.6 is 0 Å². The number of hydrogen-bond donors (Lipinski definition) is 0. The zero-order chi connectivity index (χ0) is 16.8. The molecule has 3 heterocycles. The molecule has 6 nitrogen and oxygen atoms in total. The van der Waals surface area contributed by atoms with Crippen LogP contribution in [0.2, 0.25) is 0 Å². The van der Waals surface area contributed by atoms with Gasteiger partial charge >= 0.3 is 0 Å². The third-order valence-corrected chi connectivity index (χ3v) is 4.29. The number of rotatable bonds is 7. The van der Waals surface area contributed by atoms with E-state index in [1.54, 1.807) is 0 Å². The van der Waals surface area contributed by atoms with Crippen LogP contribution in [0.5, 0.6) is 0 Å². The normalized spacial score (nSPS) is 18.5. The molecule has 6 heteroatoms. The summed E-state index contributed by atoms with van der Waals surface area (Å²) in [7, 11) is 4.14. The minimum Gasteiger partial charge on any atom is -0.380 e. The highest BCUT2D eigenvalue weighted by atomic mass is 16.5. The first-order valence-electron chi connectivity index (χ1n) is 8.56. The number of likely N-dealkylation sites (N-methyl/N-ethyl adjacent to an activating group) is 1. The van der Waals surface area contributed by atoms with E-state index in [2.05, 4.69) is 50.8 Å².